The van der Waals surface area contributed by atoms with Gasteiger partial charge in [-0.1, -0.05) is 17.7 Å². The molecule has 0 aliphatic carbocycles. The summed E-state index contributed by atoms with van der Waals surface area (Å²) in [5.74, 6) is 3.11. The lowest BCUT2D eigenvalue weighted by Crippen LogP contribution is -2.47. The van der Waals surface area contributed by atoms with Crippen molar-refractivity contribution in [3.8, 4) is 11.5 Å². The van der Waals surface area contributed by atoms with Crippen molar-refractivity contribution < 1.29 is 9.15 Å². The summed E-state index contributed by atoms with van der Waals surface area (Å²) in [6.45, 7) is 6.50. The van der Waals surface area contributed by atoms with E-state index in [1.165, 1.54) is 5.56 Å². The molecule has 0 saturated heterocycles. The Hall–Kier alpha value is -2.47. The number of hydrogen-bond donors (Lipinski definition) is 2. The number of hydrogen-bond acceptors (Lipinski definition) is 6. The molecule has 1 aromatic carbocycles. The molecule has 32 heavy (non-hydrogen) atoms. The van der Waals surface area contributed by atoms with Crippen LogP contribution in [-0.2, 0) is 30.9 Å². The van der Waals surface area contributed by atoms with Crippen molar-refractivity contribution in [2.75, 3.05) is 13.7 Å². The molecule has 1 aliphatic rings. The Labute approximate surface area is 205 Å². The van der Waals surface area contributed by atoms with Gasteiger partial charge in [0.1, 0.15) is 24.4 Å². The summed E-state index contributed by atoms with van der Waals surface area (Å²) in [6.07, 6.45) is 3.51. The van der Waals surface area contributed by atoms with E-state index in [1.54, 1.807) is 13.4 Å². The predicted octanol–water partition coefficient (Wildman–Crippen LogP) is 3.08. The fourth-order valence-corrected chi connectivity index (χ4v) is 3.55. The van der Waals surface area contributed by atoms with Gasteiger partial charge >= 0.3 is 0 Å². The van der Waals surface area contributed by atoms with E-state index < -0.39 is 0 Å². The van der Waals surface area contributed by atoms with E-state index in [1.807, 2.05) is 28.9 Å². The number of guanidine groups is 1. The molecule has 10 heteroatoms. The molecule has 1 unspecified atom stereocenters. The molecule has 0 amide bonds. The van der Waals surface area contributed by atoms with Crippen molar-refractivity contribution in [2.24, 2.45) is 4.99 Å². The molecule has 0 saturated carbocycles. The van der Waals surface area contributed by atoms with Crippen molar-refractivity contribution in [1.29, 1.82) is 0 Å². The Morgan fingerprint density at radius 1 is 1.28 bits per heavy atom. The number of halogens is 1. The van der Waals surface area contributed by atoms with Crippen LogP contribution in [0.2, 0.25) is 0 Å². The Kier molecular flexibility index (Phi) is 8.62. The smallest absolute Gasteiger partial charge is 0.226 e. The molecule has 4 rings (SSSR count). The van der Waals surface area contributed by atoms with Crippen molar-refractivity contribution in [3.63, 3.8) is 0 Å². The second-order valence-corrected chi connectivity index (χ2v) is 7.64. The third kappa shape index (κ3) is 6.06. The topological polar surface area (TPSA) is 102 Å². The molecule has 1 atom stereocenters. The first-order valence-electron chi connectivity index (χ1n) is 10.6. The molecule has 3 aromatic rings. The highest BCUT2D eigenvalue weighted by molar-refractivity contribution is 14.0. The van der Waals surface area contributed by atoms with Gasteiger partial charge in [-0.05, 0) is 32.4 Å². The molecule has 9 nitrogen and oxygen atoms in total. The van der Waals surface area contributed by atoms with Crippen LogP contribution < -0.4 is 10.6 Å². The number of nitrogens with one attached hydrogen (secondary N) is 2. The lowest BCUT2D eigenvalue weighted by Gasteiger charge is -2.25. The largest absolute Gasteiger partial charge is 0.444 e. The van der Waals surface area contributed by atoms with Crippen LogP contribution >= 0.6 is 24.0 Å². The molecule has 2 N–H and O–H groups in total. The van der Waals surface area contributed by atoms with Gasteiger partial charge in [-0.3, -0.25) is 0 Å². The first kappa shape index (κ1) is 24.2. The number of aromatic nitrogens is 4. The van der Waals surface area contributed by atoms with Crippen molar-refractivity contribution in [2.45, 2.75) is 52.4 Å². The molecule has 0 radical (unpaired) electrons. The fraction of sp³-hybridized carbons (Fsp3) is 0.455. The highest BCUT2D eigenvalue weighted by Crippen LogP contribution is 2.19. The van der Waals surface area contributed by atoms with Gasteiger partial charge in [-0.2, -0.15) is 5.10 Å². The van der Waals surface area contributed by atoms with E-state index in [-0.39, 0.29) is 30.0 Å². The fourth-order valence-electron chi connectivity index (χ4n) is 3.55. The second-order valence-electron chi connectivity index (χ2n) is 7.64. The minimum absolute atomic E-state index is 0. The van der Waals surface area contributed by atoms with E-state index in [0.29, 0.717) is 19.0 Å². The van der Waals surface area contributed by atoms with E-state index in [0.717, 1.165) is 54.8 Å². The lowest BCUT2D eigenvalue weighted by molar-refractivity contribution is 0.177. The molecule has 3 heterocycles. The zero-order valence-electron chi connectivity index (χ0n) is 18.7. The van der Waals surface area contributed by atoms with Crippen LogP contribution in [0.4, 0.5) is 0 Å². The lowest BCUT2D eigenvalue weighted by atomic mass is 10.1. The van der Waals surface area contributed by atoms with E-state index in [4.69, 9.17) is 14.1 Å². The predicted molar refractivity (Wildman–Crippen MR) is 133 cm³/mol. The van der Waals surface area contributed by atoms with Crippen LogP contribution in [0.25, 0.3) is 11.5 Å². The average Bonchev–Trinajstić information content (AvgIpc) is 3.39. The van der Waals surface area contributed by atoms with Crippen LogP contribution in [0.3, 0.4) is 0 Å². The molecule has 172 valence electrons. The first-order chi connectivity index (χ1) is 15.1. The van der Waals surface area contributed by atoms with E-state index in [2.05, 4.69) is 39.5 Å². The number of methoxy groups -OCH3 is 1. The zero-order valence-corrected chi connectivity index (χ0v) is 21.0. The maximum absolute atomic E-state index is 5.64. The van der Waals surface area contributed by atoms with Crippen LogP contribution in [0, 0.1) is 6.92 Å². The van der Waals surface area contributed by atoms with Gasteiger partial charge < -0.3 is 19.8 Å². The summed E-state index contributed by atoms with van der Waals surface area (Å²) in [6, 6.07) is 8.35. The van der Waals surface area contributed by atoms with Crippen molar-refractivity contribution in [3.05, 3.63) is 53.4 Å². The van der Waals surface area contributed by atoms with E-state index >= 15 is 0 Å². The van der Waals surface area contributed by atoms with Crippen LogP contribution in [0.15, 0.2) is 39.9 Å². The quantitative estimate of drug-likeness (QED) is 0.265. The summed E-state index contributed by atoms with van der Waals surface area (Å²) < 4.78 is 12.7. The highest BCUT2D eigenvalue weighted by atomic mass is 127. The number of aryl methyl sites for hydroxylation is 2. The first-order valence-corrected chi connectivity index (χ1v) is 10.6. The van der Waals surface area contributed by atoms with Gasteiger partial charge in [0.2, 0.25) is 5.89 Å². The normalized spacial score (nSPS) is 15.7. The second kappa shape index (κ2) is 11.4. The van der Waals surface area contributed by atoms with E-state index in [9.17, 15) is 0 Å². The van der Waals surface area contributed by atoms with Crippen molar-refractivity contribution >= 4 is 29.9 Å². The number of ether oxygens (including phenoxy) is 1. The minimum atomic E-state index is 0. The van der Waals surface area contributed by atoms with Gasteiger partial charge in [0, 0.05) is 31.7 Å². The molecule has 0 bridgehead atoms. The Bertz CT molecular complexity index is 1030. The SMILES string of the molecule is CCNC(=NCc1coc(-c2ccc(C)cc2)n1)NC1CCc2nc(COC)nn2C1.I. The molecule has 2 aromatic heterocycles. The number of aliphatic imine (C=N–C) groups is 1. The summed E-state index contributed by atoms with van der Waals surface area (Å²) in [7, 11) is 1.65. The Morgan fingerprint density at radius 3 is 2.84 bits per heavy atom. The van der Waals surface area contributed by atoms with Gasteiger partial charge in [0.15, 0.2) is 11.8 Å². The number of benzene rings is 1. The third-order valence-electron chi connectivity index (χ3n) is 5.11. The Balaban J connectivity index is 0.00000289. The minimum Gasteiger partial charge on any atom is -0.444 e. The number of oxazole rings is 1. The maximum Gasteiger partial charge on any atom is 0.226 e. The summed E-state index contributed by atoms with van der Waals surface area (Å²) in [5, 5.41) is 11.4. The van der Waals surface area contributed by atoms with Crippen LogP contribution in [0.5, 0.6) is 0 Å². The standard InChI is InChI=1S/C22H29N7O2.HI/c1-4-23-22(26-17-9-10-20-27-19(14-30-3)28-29(20)12-17)24-11-18-13-31-21(25-18)16-7-5-15(2)6-8-16;/h5-8,13,17H,4,9-12,14H2,1-3H3,(H2,23,24,26);1H. The van der Waals surface area contributed by atoms with Gasteiger partial charge in [0.05, 0.1) is 13.1 Å². The number of nitrogens with zero attached hydrogens (tertiary/aromatic N) is 5. The van der Waals surface area contributed by atoms with Crippen molar-refractivity contribution in [1.82, 2.24) is 30.4 Å². The molecule has 0 fully saturated rings. The number of rotatable bonds is 7. The molecule has 0 spiro atoms. The van der Waals surface area contributed by atoms with Crippen LogP contribution in [0.1, 0.15) is 36.3 Å². The summed E-state index contributed by atoms with van der Waals surface area (Å²) >= 11 is 0. The third-order valence-corrected chi connectivity index (χ3v) is 5.11. The molecule has 1 aliphatic heterocycles. The summed E-state index contributed by atoms with van der Waals surface area (Å²) in [5.41, 5.74) is 2.96. The molecular formula is C22H30IN7O2. The van der Waals surface area contributed by atoms with Gasteiger partial charge in [0.25, 0.3) is 0 Å². The number of fused-ring (bicyclic) bond motifs is 1. The average molecular weight is 551 g/mol. The molecular weight excluding hydrogens is 521 g/mol. The van der Waals surface area contributed by atoms with Crippen LogP contribution in [-0.4, -0.2) is 45.4 Å². The maximum atomic E-state index is 5.64. The summed E-state index contributed by atoms with van der Waals surface area (Å²) in [4.78, 5) is 13.8. The highest BCUT2D eigenvalue weighted by Gasteiger charge is 2.22. The van der Waals surface area contributed by atoms with Gasteiger partial charge in [-0.15, -0.1) is 24.0 Å². The van der Waals surface area contributed by atoms with Gasteiger partial charge in [-0.25, -0.2) is 19.6 Å². The monoisotopic (exact) mass is 551 g/mol. The zero-order chi connectivity index (χ0) is 21.6. The Morgan fingerprint density at radius 2 is 2.09 bits per heavy atom.